The molecule has 0 aliphatic heterocycles. The van der Waals surface area contributed by atoms with Crippen LogP contribution in [0.5, 0.6) is 5.75 Å². The van der Waals surface area contributed by atoms with E-state index in [-0.39, 0.29) is 5.41 Å². The Hall–Kier alpha value is -3.54. The van der Waals surface area contributed by atoms with Gasteiger partial charge in [-0.05, 0) is 89.1 Å². The number of tetrazole rings is 1. The van der Waals surface area contributed by atoms with Crippen molar-refractivity contribution in [2.75, 3.05) is 0 Å². The predicted molar refractivity (Wildman–Crippen MR) is 120 cm³/mol. The van der Waals surface area contributed by atoms with Gasteiger partial charge in [-0.25, -0.2) is 4.68 Å². The van der Waals surface area contributed by atoms with Gasteiger partial charge in [0.25, 0.3) is 0 Å². The highest BCUT2D eigenvalue weighted by atomic mass is 16.5. The quantitative estimate of drug-likeness (QED) is 0.448. The summed E-state index contributed by atoms with van der Waals surface area (Å²) >= 11 is 0. The number of rotatable bonds is 6. The zero-order valence-corrected chi connectivity index (χ0v) is 17.8. The minimum atomic E-state index is 0.0710. The van der Waals surface area contributed by atoms with Gasteiger partial charge in [0.05, 0.1) is 11.4 Å². The lowest BCUT2D eigenvalue weighted by Crippen LogP contribution is -2.34. The first kappa shape index (κ1) is 19.2. The van der Waals surface area contributed by atoms with Crippen LogP contribution in [0.2, 0.25) is 0 Å². The summed E-state index contributed by atoms with van der Waals surface area (Å²) in [4.78, 5) is 4.34. The average molecular weight is 424 g/mol. The molecule has 1 unspecified atom stereocenters. The molecule has 160 valence electrons. The Morgan fingerprint density at radius 3 is 2.38 bits per heavy atom. The molecule has 2 heterocycles. The van der Waals surface area contributed by atoms with Crippen molar-refractivity contribution in [3.05, 3.63) is 96.1 Å². The van der Waals surface area contributed by atoms with Crippen LogP contribution in [0.15, 0.2) is 79.3 Å². The van der Waals surface area contributed by atoms with Gasteiger partial charge in [0, 0.05) is 11.6 Å². The van der Waals surface area contributed by atoms with E-state index in [1.165, 1.54) is 36.8 Å². The Morgan fingerprint density at radius 2 is 1.75 bits per heavy atom. The molecule has 0 saturated heterocycles. The van der Waals surface area contributed by atoms with Gasteiger partial charge in [-0.3, -0.25) is 4.98 Å². The van der Waals surface area contributed by atoms with Crippen LogP contribution in [0.1, 0.15) is 42.5 Å². The molecule has 6 nitrogen and oxygen atoms in total. The normalized spacial score (nSPS) is 24.0. The molecule has 6 heteroatoms. The van der Waals surface area contributed by atoms with Crippen LogP contribution in [-0.4, -0.2) is 25.2 Å². The Labute approximate surface area is 187 Å². The largest absolute Gasteiger partial charge is 0.487 e. The van der Waals surface area contributed by atoms with Gasteiger partial charge in [-0.15, -0.1) is 5.10 Å². The molecular weight excluding hydrogens is 398 g/mol. The Bertz CT molecular complexity index is 1180. The SMILES string of the molecule is c1ccc(COc2ccc([C@@]3(c4ccc(-n5cnnn5)cc4)CC4CC[C@@H]3C4)cc2)nc1. The number of benzene rings is 2. The smallest absolute Gasteiger partial charge is 0.143 e. The van der Waals surface area contributed by atoms with Crippen molar-refractivity contribution in [3.63, 3.8) is 0 Å². The minimum absolute atomic E-state index is 0.0710. The van der Waals surface area contributed by atoms with Gasteiger partial charge in [-0.1, -0.05) is 36.8 Å². The summed E-state index contributed by atoms with van der Waals surface area (Å²) < 4.78 is 7.68. The van der Waals surface area contributed by atoms with Crippen molar-refractivity contribution in [2.45, 2.75) is 37.7 Å². The molecule has 4 aromatic rings. The van der Waals surface area contributed by atoms with Crippen molar-refractivity contribution >= 4 is 0 Å². The molecule has 0 N–H and O–H groups in total. The lowest BCUT2D eigenvalue weighted by Gasteiger charge is -2.39. The fourth-order valence-electron chi connectivity index (χ4n) is 5.88. The second kappa shape index (κ2) is 7.86. The van der Waals surface area contributed by atoms with E-state index < -0.39 is 0 Å². The highest BCUT2D eigenvalue weighted by molar-refractivity contribution is 5.47. The molecule has 0 spiro atoms. The molecule has 0 amide bonds. The van der Waals surface area contributed by atoms with Crippen LogP contribution in [0.25, 0.3) is 5.69 Å². The number of fused-ring (bicyclic) bond motifs is 2. The first-order chi connectivity index (χ1) is 15.8. The van der Waals surface area contributed by atoms with E-state index >= 15 is 0 Å². The Balaban J connectivity index is 1.29. The van der Waals surface area contributed by atoms with Crippen LogP contribution in [0.3, 0.4) is 0 Å². The third kappa shape index (κ3) is 3.27. The summed E-state index contributed by atoms with van der Waals surface area (Å²) in [5, 5.41) is 11.5. The summed E-state index contributed by atoms with van der Waals surface area (Å²) in [6, 6.07) is 23.4. The summed E-state index contributed by atoms with van der Waals surface area (Å²) in [5.74, 6) is 2.39. The summed E-state index contributed by atoms with van der Waals surface area (Å²) in [6.45, 7) is 0.481. The zero-order chi connectivity index (χ0) is 21.4. The van der Waals surface area contributed by atoms with E-state index in [1.54, 1.807) is 17.2 Å². The van der Waals surface area contributed by atoms with Crippen LogP contribution < -0.4 is 4.74 Å². The van der Waals surface area contributed by atoms with E-state index in [0.29, 0.717) is 12.5 Å². The van der Waals surface area contributed by atoms with Crippen molar-refractivity contribution in [1.29, 1.82) is 0 Å². The maximum absolute atomic E-state index is 5.98. The Morgan fingerprint density at radius 1 is 0.938 bits per heavy atom. The molecule has 6 rings (SSSR count). The molecule has 2 aliphatic rings. The summed E-state index contributed by atoms with van der Waals surface area (Å²) in [6.07, 6.45) is 8.64. The fourth-order valence-corrected chi connectivity index (χ4v) is 5.88. The van der Waals surface area contributed by atoms with Crippen molar-refractivity contribution in [2.24, 2.45) is 11.8 Å². The van der Waals surface area contributed by atoms with Crippen molar-refractivity contribution in [3.8, 4) is 11.4 Å². The second-order valence-electron chi connectivity index (χ2n) is 8.99. The van der Waals surface area contributed by atoms with Gasteiger partial charge < -0.3 is 4.74 Å². The molecule has 2 aliphatic carbocycles. The van der Waals surface area contributed by atoms with E-state index in [2.05, 4.69) is 69.0 Å². The van der Waals surface area contributed by atoms with Crippen LogP contribution in [0, 0.1) is 11.8 Å². The summed E-state index contributed by atoms with van der Waals surface area (Å²) in [7, 11) is 0. The first-order valence-electron chi connectivity index (χ1n) is 11.3. The maximum Gasteiger partial charge on any atom is 0.143 e. The molecule has 2 bridgehead atoms. The average Bonchev–Trinajstić information content (AvgIpc) is 3.62. The van der Waals surface area contributed by atoms with Crippen LogP contribution >= 0.6 is 0 Å². The third-order valence-electron chi connectivity index (χ3n) is 7.33. The fraction of sp³-hybridized carbons (Fsp3) is 0.308. The van der Waals surface area contributed by atoms with Crippen LogP contribution in [0.4, 0.5) is 0 Å². The number of hydrogen-bond acceptors (Lipinski definition) is 5. The number of aromatic nitrogens is 5. The number of pyridine rings is 1. The van der Waals surface area contributed by atoms with Crippen molar-refractivity contribution < 1.29 is 4.74 Å². The molecule has 2 saturated carbocycles. The Kier molecular flexibility index (Phi) is 4.71. The zero-order valence-electron chi connectivity index (χ0n) is 17.8. The minimum Gasteiger partial charge on any atom is -0.487 e. The van der Waals surface area contributed by atoms with Crippen molar-refractivity contribution in [1.82, 2.24) is 25.2 Å². The highest BCUT2D eigenvalue weighted by Gasteiger charge is 2.52. The first-order valence-corrected chi connectivity index (χ1v) is 11.3. The lowest BCUT2D eigenvalue weighted by molar-refractivity contribution is 0.299. The molecule has 0 radical (unpaired) electrons. The monoisotopic (exact) mass is 423 g/mol. The predicted octanol–water partition coefficient (Wildman–Crippen LogP) is 4.74. The molecule has 32 heavy (non-hydrogen) atoms. The van der Waals surface area contributed by atoms with Gasteiger partial charge in [-0.2, -0.15) is 0 Å². The maximum atomic E-state index is 5.98. The van der Waals surface area contributed by atoms with Crippen LogP contribution in [-0.2, 0) is 12.0 Å². The standard InChI is InChI=1S/C26H25N5O/c1-2-14-27-23(3-1)17-32-25-12-8-21(9-13-25)26(16-19-4-5-22(26)15-19)20-6-10-24(11-7-20)31-18-28-29-30-31/h1-3,6-14,18-19,22H,4-5,15-17H2/t19?,22-,26+/m1/s1. The topological polar surface area (TPSA) is 65.7 Å². The van der Waals surface area contributed by atoms with Gasteiger partial charge in [0.15, 0.2) is 0 Å². The summed E-state index contributed by atoms with van der Waals surface area (Å²) in [5.41, 5.74) is 4.77. The molecular formula is C26H25N5O. The van der Waals surface area contributed by atoms with Gasteiger partial charge >= 0.3 is 0 Å². The van der Waals surface area contributed by atoms with Gasteiger partial charge in [0.1, 0.15) is 18.7 Å². The second-order valence-corrected chi connectivity index (χ2v) is 8.99. The number of nitrogens with zero attached hydrogens (tertiary/aromatic N) is 5. The molecule has 2 fully saturated rings. The van der Waals surface area contributed by atoms with E-state index in [0.717, 1.165) is 23.0 Å². The number of hydrogen-bond donors (Lipinski definition) is 0. The highest BCUT2D eigenvalue weighted by Crippen LogP contribution is 2.60. The molecule has 3 atom stereocenters. The van der Waals surface area contributed by atoms with Gasteiger partial charge in [0.2, 0.25) is 0 Å². The lowest BCUT2D eigenvalue weighted by atomic mass is 9.64. The van der Waals surface area contributed by atoms with E-state index in [1.807, 2.05) is 18.2 Å². The van der Waals surface area contributed by atoms with E-state index in [9.17, 15) is 0 Å². The third-order valence-corrected chi connectivity index (χ3v) is 7.33. The molecule has 2 aromatic heterocycles. The van der Waals surface area contributed by atoms with E-state index in [4.69, 9.17) is 4.74 Å². The molecule has 2 aromatic carbocycles. The number of ether oxygens (including phenoxy) is 1.